The van der Waals surface area contributed by atoms with E-state index in [1.165, 1.54) is 80.9 Å². The fourth-order valence-electron chi connectivity index (χ4n) is 7.95. The van der Waals surface area contributed by atoms with Gasteiger partial charge in [-0.2, -0.15) is 0 Å². The van der Waals surface area contributed by atoms with E-state index >= 15 is 0 Å². The zero-order valence-electron chi connectivity index (χ0n) is 24.2. The maximum absolute atomic E-state index is 2.76. The van der Waals surface area contributed by atoms with Crippen LogP contribution in [0.4, 0.5) is 0 Å². The molecule has 4 aliphatic rings. The van der Waals surface area contributed by atoms with E-state index in [-0.39, 0.29) is 32.7 Å². The van der Waals surface area contributed by atoms with E-state index in [2.05, 4.69) is 91.9 Å². The molecule has 212 valence electrons. The molecule has 2 unspecified atom stereocenters. The maximum Gasteiger partial charge on any atom is -1.00 e. The van der Waals surface area contributed by atoms with E-state index in [9.17, 15) is 0 Å². The number of hydrogen-bond donors (Lipinski definition) is 0. The summed E-state index contributed by atoms with van der Waals surface area (Å²) in [5, 5.41) is 1.96. The van der Waals surface area contributed by atoms with Crippen LogP contribution >= 0.6 is 7.92 Å². The van der Waals surface area contributed by atoms with Gasteiger partial charge in [0, 0.05) is 0 Å². The van der Waals surface area contributed by atoms with Crippen LogP contribution in [0.5, 0.6) is 0 Å². The first-order valence-corrected chi connectivity index (χ1v) is 19.8. The molecule has 0 saturated heterocycles. The van der Waals surface area contributed by atoms with Crippen LogP contribution in [0.25, 0.3) is 23.3 Å². The zero-order valence-corrected chi connectivity index (χ0v) is 29.0. The van der Waals surface area contributed by atoms with Gasteiger partial charge >= 0.3 is 250 Å². The van der Waals surface area contributed by atoms with Crippen LogP contribution < -0.4 is 24.8 Å². The SMILES string of the molecule is CC1=Cc2c(-c3ccccc3)cccc2[CH]1[Zr+2][CH]1C(P(C2CCCCC2)C2CCCCC2)=Cc2ccccc21.[Cl-].[Cl-]. The van der Waals surface area contributed by atoms with Gasteiger partial charge in [0.25, 0.3) is 0 Å². The van der Waals surface area contributed by atoms with Gasteiger partial charge in [-0.3, -0.25) is 0 Å². The van der Waals surface area contributed by atoms with Crippen LogP contribution in [-0.4, -0.2) is 11.3 Å². The molecule has 7 rings (SSSR count). The Bertz CT molecular complexity index is 1370. The standard InChI is InChI=1S/C21H28P.C16H13.2ClH.Zr/c1-3-11-19(12-4-1)22(20-13-5-2-6-14-20)21-15-17-9-7-8-10-18(17)16-21;1-12-10-14-8-5-9-15(16(14)11-12)13-6-3-2-4-7-13;;;/h7-10,15-16,19-20H,1-6,11-14H2;2-11H,1H3;2*1H;/q;;;;+2/p-2. The number of halogens is 2. The second-order valence-electron chi connectivity index (χ2n) is 12.3. The van der Waals surface area contributed by atoms with Gasteiger partial charge in [-0.1, -0.05) is 0 Å². The largest absolute Gasteiger partial charge is 1.00 e. The molecule has 0 spiro atoms. The predicted octanol–water partition coefficient (Wildman–Crippen LogP) is 5.15. The Labute approximate surface area is 273 Å². The van der Waals surface area contributed by atoms with E-state index in [4.69, 9.17) is 0 Å². The van der Waals surface area contributed by atoms with E-state index < -0.39 is 23.2 Å². The van der Waals surface area contributed by atoms with Gasteiger partial charge in [-0.05, 0) is 0 Å². The van der Waals surface area contributed by atoms with Gasteiger partial charge < -0.3 is 24.8 Å². The summed E-state index contributed by atoms with van der Waals surface area (Å²) in [5.41, 5.74) is 12.8. The summed E-state index contributed by atoms with van der Waals surface area (Å²) in [4.78, 5) is 0. The number of allylic oxidation sites excluding steroid dienone is 2. The molecule has 0 heterocycles. The second-order valence-corrected chi connectivity index (χ2v) is 18.7. The van der Waals surface area contributed by atoms with Crippen molar-refractivity contribution in [3.8, 4) is 11.1 Å². The van der Waals surface area contributed by atoms with Crippen molar-refractivity contribution in [3.63, 3.8) is 0 Å². The number of fused-ring (bicyclic) bond motifs is 2. The molecule has 0 nitrogen and oxygen atoms in total. The molecule has 0 aromatic heterocycles. The summed E-state index contributed by atoms with van der Waals surface area (Å²) in [5.74, 6) is 0. The molecule has 4 aliphatic carbocycles. The predicted molar refractivity (Wildman–Crippen MR) is 166 cm³/mol. The van der Waals surface area contributed by atoms with Crippen LogP contribution in [0.15, 0.2) is 83.7 Å². The topological polar surface area (TPSA) is 0 Å². The van der Waals surface area contributed by atoms with Crippen LogP contribution in [0.3, 0.4) is 0 Å². The van der Waals surface area contributed by atoms with Crippen molar-refractivity contribution in [1.29, 1.82) is 0 Å². The third-order valence-corrected chi connectivity index (χ3v) is 19.1. The Kier molecular flexibility index (Phi) is 10.9. The van der Waals surface area contributed by atoms with Crippen LogP contribution in [0.1, 0.15) is 101 Å². The van der Waals surface area contributed by atoms with Crippen LogP contribution in [0, 0.1) is 0 Å². The third-order valence-electron chi connectivity index (χ3n) is 9.84. The van der Waals surface area contributed by atoms with E-state index in [1.807, 2.05) is 5.31 Å². The smallest absolute Gasteiger partial charge is 1.00 e. The Balaban J connectivity index is 0.00000169. The molecule has 4 heteroatoms. The average molecular weight is 679 g/mol. The number of benzene rings is 3. The molecule has 2 fully saturated rings. The van der Waals surface area contributed by atoms with Gasteiger partial charge in [-0.25, -0.2) is 0 Å². The van der Waals surface area contributed by atoms with Crippen molar-refractivity contribution < 1.29 is 48.0 Å². The van der Waals surface area contributed by atoms with Crippen molar-refractivity contribution in [2.24, 2.45) is 0 Å². The van der Waals surface area contributed by atoms with E-state index in [0.29, 0.717) is 3.63 Å². The van der Waals surface area contributed by atoms with Crippen molar-refractivity contribution in [2.45, 2.75) is 89.7 Å². The van der Waals surface area contributed by atoms with Crippen molar-refractivity contribution in [2.75, 3.05) is 0 Å². The number of hydrogen-bond acceptors (Lipinski definition) is 0. The minimum atomic E-state index is -0.861. The molecule has 3 aromatic carbocycles. The normalized spacial score (nSPS) is 22.1. The fraction of sp³-hybridized carbons (Fsp3) is 0.405. The summed E-state index contributed by atoms with van der Waals surface area (Å²) >= 11 is -0.861. The quantitative estimate of drug-likeness (QED) is 0.317. The Morgan fingerprint density at radius 1 is 0.610 bits per heavy atom. The fourth-order valence-corrected chi connectivity index (χ4v) is 17.9. The molecule has 0 bridgehead atoms. The zero-order chi connectivity index (χ0) is 26.2. The Morgan fingerprint density at radius 2 is 1.22 bits per heavy atom. The van der Waals surface area contributed by atoms with E-state index in [0.717, 1.165) is 14.9 Å². The van der Waals surface area contributed by atoms with Crippen molar-refractivity contribution in [1.82, 2.24) is 0 Å². The molecular weight excluding hydrogens is 638 g/mol. The maximum atomic E-state index is 2.76. The minimum absolute atomic E-state index is 0. The molecule has 2 saturated carbocycles. The first kappa shape index (κ1) is 31.5. The van der Waals surface area contributed by atoms with Gasteiger partial charge in [0.1, 0.15) is 0 Å². The average Bonchev–Trinajstić information content (AvgIpc) is 3.52. The molecule has 2 atom stereocenters. The second kappa shape index (κ2) is 14.2. The molecule has 3 aromatic rings. The summed E-state index contributed by atoms with van der Waals surface area (Å²) < 4.78 is 1.43. The monoisotopic (exact) mass is 676 g/mol. The minimum Gasteiger partial charge on any atom is -1.00 e. The van der Waals surface area contributed by atoms with Gasteiger partial charge in [-0.15, -0.1) is 0 Å². The molecule has 0 N–H and O–H groups in total. The van der Waals surface area contributed by atoms with Gasteiger partial charge in [0.2, 0.25) is 0 Å². The first-order valence-electron chi connectivity index (χ1n) is 15.5. The Morgan fingerprint density at radius 3 is 1.90 bits per heavy atom. The Hall–Kier alpha value is -0.967. The van der Waals surface area contributed by atoms with Crippen LogP contribution in [-0.2, 0) is 23.2 Å². The third kappa shape index (κ3) is 6.32. The molecular formula is C37H41Cl2PZr. The van der Waals surface area contributed by atoms with Gasteiger partial charge in [0.15, 0.2) is 0 Å². The summed E-state index contributed by atoms with van der Waals surface area (Å²) in [7, 11) is -0.0438. The van der Waals surface area contributed by atoms with Crippen molar-refractivity contribution in [3.05, 3.63) is 106 Å². The number of rotatable bonds is 6. The molecule has 41 heavy (non-hydrogen) atoms. The molecule has 0 amide bonds. The first-order chi connectivity index (χ1) is 19.3. The molecule has 0 radical (unpaired) electrons. The van der Waals surface area contributed by atoms with Gasteiger partial charge in [0.05, 0.1) is 0 Å². The summed E-state index contributed by atoms with van der Waals surface area (Å²) in [6.07, 6.45) is 20.1. The summed E-state index contributed by atoms with van der Waals surface area (Å²) in [6.45, 7) is 2.44. The molecule has 0 aliphatic heterocycles. The summed E-state index contributed by atoms with van der Waals surface area (Å²) in [6, 6.07) is 27.7. The van der Waals surface area contributed by atoms with Crippen molar-refractivity contribution >= 4 is 20.1 Å². The van der Waals surface area contributed by atoms with Crippen LogP contribution in [0.2, 0.25) is 0 Å². The van der Waals surface area contributed by atoms with E-state index in [1.54, 1.807) is 22.3 Å².